The number of hydrogen-bond acceptors (Lipinski definition) is 2. The van der Waals surface area contributed by atoms with Crippen molar-refractivity contribution in [1.82, 2.24) is 5.32 Å². The van der Waals surface area contributed by atoms with Crippen LogP contribution in [0.3, 0.4) is 0 Å². The van der Waals surface area contributed by atoms with Crippen molar-refractivity contribution in [2.45, 2.75) is 63.0 Å². The van der Waals surface area contributed by atoms with Crippen LogP contribution >= 0.6 is 0 Å². The van der Waals surface area contributed by atoms with E-state index in [0.29, 0.717) is 6.10 Å². The third-order valence-electron chi connectivity index (χ3n) is 5.16. The molecule has 1 atom stereocenters. The van der Waals surface area contributed by atoms with Gasteiger partial charge in [-0.25, -0.2) is 0 Å². The quantitative estimate of drug-likeness (QED) is 0.894. The van der Waals surface area contributed by atoms with Gasteiger partial charge in [0.25, 0.3) is 0 Å². The topological polar surface area (TPSA) is 21.3 Å². The van der Waals surface area contributed by atoms with Crippen molar-refractivity contribution in [3.63, 3.8) is 0 Å². The fourth-order valence-corrected chi connectivity index (χ4v) is 3.72. The Kier molecular flexibility index (Phi) is 3.22. The molecule has 1 heterocycles. The van der Waals surface area contributed by atoms with E-state index in [1.807, 2.05) is 0 Å². The van der Waals surface area contributed by atoms with Crippen molar-refractivity contribution in [2.24, 2.45) is 5.92 Å². The van der Waals surface area contributed by atoms with Crippen LogP contribution in [0, 0.1) is 5.92 Å². The molecule has 2 saturated carbocycles. The van der Waals surface area contributed by atoms with Gasteiger partial charge in [-0.15, -0.1) is 0 Å². The zero-order valence-corrected chi connectivity index (χ0v) is 12.2. The van der Waals surface area contributed by atoms with Gasteiger partial charge in [-0.1, -0.05) is 25.0 Å². The second kappa shape index (κ2) is 5.07. The van der Waals surface area contributed by atoms with Gasteiger partial charge < -0.3 is 10.1 Å². The van der Waals surface area contributed by atoms with Gasteiger partial charge in [-0.05, 0) is 68.7 Å². The summed E-state index contributed by atoms with van der Waals surface area (Å²) < 4.78 is 5.88. The lowest BCUT2D eigenvalue weighted by Gasteiger charge is -2.35. The molecule has 3 aliphatic rings. The van der Waals surface area contributed by atoms with E-state index < -0.39 is 0 Å². The molecule has 0 bridgehead atoms. The SMILES string of the molecule is c1cc(C2(C3CC3)CCCCCN2)ccc1OC1CC1. The van der Waals surface area contributed by atoms with Crippen molar-refractivity contribution in [1.29, 1.82) is 0 Å². The first kappa shape index (κ1) is 12.7. The van der Waals surface area contributed by atoms with Crippen molar-refractivity contribution >= 4 is 0 Å². The molecule has 4 rings (SSSR count). The molecule has 1 saturated heterocycles. The molecule has 3 fully saturated rings. The standard InChI is InChI=1S/C18H25NO/c1-2-12-18(14-4-5-14,19-13-3-1)15-6-8-16(9-7-15)20-17-10-11-17/h6-9,14,17,19H,1-5,10-13H2. The molecule has 1 aliphatic heterocycles. The van der Waals surface area contributed by atoms with Crippen molar-refractivity contribution < 1.29 is 4.74 Å². The summed E-state index contributed by atoms with van der Waals surface area (Å²) in [6.07, 6.45) is 11.1. The van der Waals surface area contributed by atoms with Gasteiger partial charge in [0, 0.05) is 5.54 Å². The average molecular weight is 271 g/mol. The molecule has 0 radical (unpaired) electrons. The van der Waals surface area contributed by atoms with Crippen LogP contribution in [-0.2, 0) is 5.54 Å². The van der Waals surface area contributed by atoms with Crippen LogP contribution in [0.4, 0.5) is 0 Å². The third-order valence-corrected chi connectivity index (χ3v) is 5.16. The highest BCUT2D eigenvalue weighted by Crippen LogP contribution is 2.49. The van der Waals surface area contributed by atoms with E-state index in [2.05, 4.69) is 29.6 Å². The minimum absolute atomic E-state index is 0.259. The van der Waals surface area contributed by atoms with Crippen LogP contribution < -0.4 is 10.1 Å². The fraction of sp³-hybridized carbons (Fsp3) is 0.667. The van der Waals surface area contributed by atoms with Crippen molar-refractivity contribution in [2.75, 3.05) is 6.54 Å². The maximum Gasteiger partial charge on any atom is 0.119 e. The van der Waals surface area contributed by atoms with E-state index in [0.717, 1.165) is 11.7 Å². The monoisotopic (exact) mass is 271 g/mol. The second-order valence-corrected chi connectivity index (χ2v) is 6.82. The van der Waals surface area contributed by atoms with Crippen LogP contribution in [0.15, 0.2) is 24.3 Å². The molecule has 108 valence electrons. The predicted molar refractivity (Wildman–Crippen MR) is 81.0 cm³/mol. The van der Waals surface area contributed by atoms with Gasteiger partial charge in [-0.3, -0.25) is 0 Å². The third kappa shape index (κ3) is 2.46. The molecule has 0 amide bonds. The molecule has 1 aromatic carbocycles. The number of nitrogens with one attached hydrogen (secondary N) is 1. The summed E-state index contributed by atoms with van der Waals surface area (Å²) in [6, 6.07) is 9.00. The average Bonchev–Trinajstić information content (AvgIpc) is 3.31. The molecular formula is C18H25NO. The first-order chi connectivity index (χ1) is 9.87. The maximum atomic E-state index is 5.88. The van der Waals surface area contributed by atoms with Gasteiger partial charge >= 0.3 is 0 Å². The van der Waals surface area contributed by atoms with Gasteiger partial charge in [0.15, 0.2) is 0 Å². The van der Waals surface area contributed by atoms with E-state index in [1.54, 1.807) is 0 Å². The van der Waals surface area contributed by atoms with Crippen LogP contribution in [-0.4, -0.2) is 12.6 Å². The predicted octanol–water partition coefficient (Wildman–Crippen LogP) is 4.00. The Bertz CT molecular complexity index is 451. The molecule has 20 heavy (non-hydrogen) atoms. The zero-order valence-electron chi connectivity index (χ0n) is 12.2. The molecule has 0 spiro atoms. The van der Waals surface area contributed by atoms with E-state index in [4.69, 9.17) is 4.74 Å². The summed E-state index contributed by atoms with van der Waals surface area (Å²) in [5.74, 6) is 1.91. The van der Waals surface area contributed by atoms with Crippen LogP contribution in [0.1, 0.15) is 56.9 Å². The van der Waals surface area contributed by atoms with Crippen molar-refractivity contribution in [3.8, 4) is 5.75 Å². The van der Waals surface area contributed by atoms with Crippen LogP contribution in [0.25, 0.3) is 0 Å². The molecule has 2 aliphatic carbocycles. The zero-order chi connectivity index (χ0) is 13.4. The Balaban J connectivity index is 1.58. The lowest BCUT2D eigenvalue weighted by molar-refractivity contribution is 0.277. The van der Waals surface area contributed by atoms with Gasteiger partial charge in [-0.2, -0.15) is 0 Å². The summed E-state index contributed by atoms with van der Waals surface area (Å²) in [4.78, 5) is 0. The van der Waals surface area contributed by atoms with Gasteiger partial charge in [0.05, 0.1) is 6.10 Å². The number of hydrogen-bond donors (Lipinski definition) is 1. The molecule has 2 heteroatoms. The Morgan fingerprint density at radius 1 is 0.950 bits per heavy atom. The lowest BCUT2D eigenvalue weighted by Crippen LogP contribution is -2.43. The molecule has 2 nitrogen and oxygen atoms in total. The minimum atomic E-state index is 0.259. The molecular weight excluding hydrogens is 246 g/mol. The highest BCUT2D eigenvalue weighted by atomic mass is 16.5. The van der Waals surface area contributed by atoms with E-state index in [-0.39, 0.29) is 5.54 Å². The number of benzene rings is 1. The highest BCUT2D eigenvalue weighted by molar-refractivity contribution is 5.34. The van der Waals surface area contributed by atoms with Crippen molar-refractivity contribution in [3.05, 3.63) is 29.8 Å². The van der Waals surface area contributed by atoms with Crippen LogP contribution in [0.5, 0.6) is 5.75 Å². The number of ether oxygens (including phenoxy) is 1. The summed E-state index contributed by atoms with van der Waals surface area (Å²) >= 11 is 0. The smallest absolute Gasteiger partial charge is 0.119 e. The maximum absolute atomic E-state index is 5.88. The Morgan fingerprint density at radius 2 is 1.75 bits per heavy atom. The lowest BCUT2D eigenvalue weighted by atomic mass is 9.81. The second-order valence-electron chi connectivity index (χ2n) is 6.82. The van der Waals surface area contributed by atoms with E-state index in [1.165, 1.54) is 63.5 Å². The summed E-state index contributed by atoms with van der Waals surface area (Å²) in [6.45, 7) is 1.18. The Labute approximate surface area is 121 Å². The molecule has 0 aromatic heterocycles. The van der Waals surface area contributed by atoms with E-state index in [9.17, 15) is 0 Å². The van der Waals surface area contributed by atoms with E-state index >= 15 is 0 Å². The largest absolute Gasteiger partial charge is 0.490 e. The molecule has 1 unspecified atom stereocenters. The summed E-state index contributed by atoms with van der Waals surface area (Å²) in [5.41, 5.74) is 1.75. The Morgan fingerprint density at radius 3 is 2.45 bits per heavy atom. The van der Waals surface area contributed by atoms with Gasteiger partial charge in [0.1, 0.15) is 5.75 Å². The minimum Gasteiger partial charge on any atom is -0.490 e. The van der Waals surface area contributed by atoms with Gasteiger partial charge in [0.2, 0.25) is 0 Å². The Hall–Kier alpha value is -1.02. The first-order valence-electron chi connectivity index (χ1n) is 8.39. The summed E-state index contributed by atoms with van der Waals surface area (Å²) in [7, 11) is 0. The highest BCUT2D eigenvalue weighted by Gasteiger charge is 2.46. The molecule has 1 aromatic rings. The fourth-order valence-electron chi connectivity index (χ4n) is 3.72. The normalized spacial score (nSPS) is 30.8. The number of rotatable bonds is 4. The summed E-state index contributed by atoms with van der Waals surface area (Å²) in [5, 5.41) is 3.91. The molecule has 1 N–H and O–H groups in total. The van der Waals surface area contributed by atoms with Crippen LogP contribution in [0.2, 0.25) is 0 Å². The first-order valence-corrected chi connectivity index (χ1v) is 8.39.